The van der Waals surface area contributed by atoms with Gasteiger partial charge in [-0.1, -0.05) is 49.7 Å². The van der Waals surface area contributed by atoms with Crippen molar-refractivity contribution in [1.29, 1.82) is 0 Å². The maximum Gasteiger partial charge on any atom is 0.573 e. The molecule has 36 heavy (non-hydrogen) atoms. The van der Waals surface area contributed by atoms with Gasteiger partial charge in [0.05, 0.1) is 13.2 Å². The average molecular weight is 509 g/mol. The Labute approximate surface area is 207 Å². The molecule has 1 heterocycles. The molecule has 0 spiro atoms. The van der Waals surface area contributed by atoms with E-state index in [9.17, 15) is 17.6 Å². The predicted octanol–water partition coefficient (Wildman–Crippen LogP) is 7.52. The number of fused-ring (bicyclic) bond motifs is 1. The number of benzene rings is 3. The zero-order chi connectivity index (χ0) is 25.7. The first kappa shape index (κ1) is 26.4. The van der Waals surface area contributed by atoms with Crippen LogP contribution in [0.2, 0.25) is 0 Å². The zero-order valence-corrected chi connectivity index (χ0v) is 20.0. The minimum absolute atomic E-state index is 0.216. The Morgan fingerprint density at radius 3 is 2.28 bits per heavy atom. The van der Waals surface area contributed by atoms with E-state index in [1.54, 1.807) is 12.1 Å². The zero-order valence-electron chi connectivity index (χ0n) is 20.0. The summed E-state index contributed by atoms with van der Waals surface area (Å²) in [5.41, 5.74) is 1.97. The summed E-state index contributed by atoms with van der Waals surface area (Å²) in [4.78, 5) is 0. The van der Waals surface area contributed by atoms with Crippen LogP contribution in [0.25, 0.3) is 10.8 Å². The van der Waals surface area contributed by atoms with Crippen LogP contribution in [-0.2, 0) is 28.7 Å². The Morgan fingerprint density at radius 2 is 1.58 bits per heavy atom. The highest BCUT2D eigenvalue weighted by molar-refractivity contribution is 5.84. The average Bonchev–Trinajstić information content (AvgIpc) is 2.84. The minimum atomic E-state index is -4.97. The van der Waals surface area contributed by atoms with Gasteiger partial charge < -0.3 is 14.2 Å². The number of halogens is 5. The smallest absolute Gasteiger partial charge is 0.403 e. The predicted molar refractivity (Wildman–Crippen MR) is 127 cm³/mol. The summed E-state index contributed by atoms with van der Waals surface area (Å²) in [6, 6.07) is 12.4. The molecule has 0 unspecified atom stereocenters. The first-order valence-electron chi connectivity index (χ1n) is 12.2. The minimum Gasteiger partial charge on any atom is -0.403 e. The Kier molecular flexibility index (Phi) is 8.46. The maximum atomic E-state index is 15.1. The number of rotatable bonds is 9. The van der Waals surface area contributed by atoms with Gasteiger partial charge in [0.25, 0.3) is 0 Å². The number of aryl methyl sites for hydroxylation is 3. The molecule has 0 amide bonds. The van der Waals surface area contributed by atoms with Gasteiger partial charge in [-0.3, -0.25) is 0 Å². The van der Waals surface area contributed by atoms with Gasteiger partial charge in [-0.05, 0) is 59.9 Å². The van der Waals surface area contributed by atoms with Gasteiger partial charge in [0.1, 0.15) is 5.82 Å². The van der Waals surface area contributed by atoms with Crippen molar-refractivity contribution in [3.8, 4) is 5.75 Å². The third-order valence-corrected chi connectivity index (χ3v) is 6.40. The Bertz CT molecular complexity index is 1170. The highest BCUT2D eigenvalue weighted by Crippen LogP contribution is 2.28. The van der Waals surface area contributed by atoms with Crippen LogP contribution < -0.4 is 4.74 Å². The summed E-state index contributed by atoms with van der Waals surface area (Å²) in [6.45, 7) is 3.60. The molecule has 0 radical (unpaired) electrons. The number of hydrogen-bond donors (Lipinski definition) is 0. The summed E-state index contributed by atoms with van der Waals surface area (Å²) >= 11 is 0. The van der Waals surface area contributed by atoms with E-state index < -0.39 is 17.9 Å². The van der Waals surface area contributed by atoms with Crippen LogP contribution in [0.4, 0.5) is 22.0 Å². The fraction of sp³-hybridized carbons (Fsp3) is 0.429. The van der Waals surface area contributed by atoms with E-state index in [0.29, 0.717) is 22.4 Å². The van der Waals surface area contributed by atoms with Crippen LogP contribution in [-0.4, -0.2) is 25.9 Å². The summed E-state index contributed by atoms with van der Waals surface area (Å²) in [5.74, 6) is -1.88. The highest BCUT2D eigenvalue weighted by atomic mass is 19.4. The van der Waals surface area contributed by atoms with Crippen molar-refractivity contribution in [2.75, 3.05) is 13.2 Å². The molecule has 0 N–H and O–H groups in total. The molecule has 3 aromatic rings. The van der Waals surface area contributed by atoms with E-state index in [0.717, 1.165) is 62.0 Å². The number of hydrogen-bond acceptors (Lipinski definition) is 3. The highest BCUT2D eigenvalue weighted by Gasteiger charge is 2.32. The molecule has 0 aromatic heterocycles. The summed E-state index contributed by atoms with van der Waals surface area (Å²) in [7, 11) is 0. The second-order valence-electron chi connectivity index (χ2n) is 9.20. The van der Waals surface area contributed by atoms with E-state index in [4.69, 9.17) is 9.47 Å². The summed E-state index contributed by atoms with van der Waals surface area (Å²) < 4.78 is 81.3. The lowest BCUT2D eigenvalue weighted by molar-refractivity contribution is -0.275. The molecule has 4 rings (SSSR count). The van der Waals surface area contributed by atoms with Gasteiger partial charge in [-0.25, -0.2) is 8.78 Å². The van der Waals surface area contributed by atoms with Crippen LogP contribution in [0.5, 0.6) is 5.75 Å². The van der Waals surface area contributed by atoms with Gasteiger partial charge in [0.15, 0.2) is 17.9 Å². The summed E-state index contributed by atoms with van der Waals surface area (Å²) in [6.07, 6.45) is -0.939. The quantitative estimate of drug-likeness (QED) is 0.280. The Morgan fingerprint density at radius 1 is 0.861 bits per heavy atom. The number of ether oxygens (including phenoxy) is 3. The van der Waals surface area contributed by atoms with Crippen molar-refractivity contribution in [3.05, 3.63) is 76.9 Å². The van der Waals surface area contributed by atoms with Gasteiger partial charge in [0, 0.05) is 17.7 Å². The second-order valence-corrected chi connectivity index (χ2v) is 9.20. The lowest BCUT2D eigenvalue weighted by Crippen LogP contribution is -2.32. The molecular formula is C28H29F5O3. The topological polar surface area (TPSA) is 27.7 Å². The SMILES string of the molecule is CCCC1COC(CCc2ccc3c(F)c(CCc4ccc(OC(F)(F)F)c(F)c4)ccc3c2)OC1. The molecule has 0 bridgehead atoms. The van der Waals surface area contributed by atoms with E-state index >= 15 is 4.39 Å². The molecule has 3 aromatic carbocycles. The molecule has 0 aliphatic carbocycles. The van der Waals surface area contributed by atoms with Crippen molar-refractivity contribution < 1.29 is 36.2 Å². The largest absolute Gasteiger partial charge is 0.573 e. The lowest BCUT2D eigenvalue weighted by atomic mass is 9.98. The van der Waals surface area contributed by atoms with Gasteiger partial charge >= 0.3 is 6.36 Å². The molecule has 1 fully saturated rings. The van der Waals surface area contributed by atoms with E-state index in [1.165, 1.54) is 6.07 Å². The fourth-order valence-electron chi connectivity index (χ4n) is 4.53. The molecule has 1 aliphatic rings. The first-order chi connectivity index (χ1) is 17.2. The van der Waals surface area contributed by atoms with Crippen LogP contribution >= 0.6 is 0 Å². The number of alkyl halides is 3. The fourth-order valence-corrected chi connectivity index (χ4v) is 4.53. The van der Waals surface area contributed by atoms with Crippen LogP contribution in [0.1, 0.15) is 42.9 Å². The lowest BCUT2D eigenvalue weighted by Gasteiger charge is -2.29. The Hall–Kier alpha value is -2.71. The van der Waals surface area contributed by atoms with Gasteiger partial charge in [-0.15, -0.1) is 13.2 Å². The molecule has 0 saturated carbocycles. The molecule has 0 atom stereocenters. The first-order valence-corrected chi connectivity index (χ1v) is 12.2. The van der Waals surface area contributed by atoms with Crippen molar-refractivity contribution in [2.24, 2.45) is 5.92 Å². The Balaban J connectivity index is 1.35. The van der Waals surface area contributed by atoms with Crippen molar-refractivity contribution in [3.63, 3.8) is 0 Å². The van der Waals surface area contributed by atoms with Crippen LogP contribution in [0.15, 0.2) is 48.5 Å². The molecular weight excluding hydrogens is 479 g/mol. The third kappa shape index (κ3) is 6.95. The van der Waals surface area contributed by atoms with E-state index in [-0.39, 0.29) is 24.9 Å². The van der Waals surface area contributed by atoms with Crippen molar-refractivity contribution in [1.82, 2.24) is 0 Å². The molecule has 194 valence electrons. The van der Waals surface area contributed by atoms with E-state index in [1.807, 2.05) is 18.2 Å². The van der Waals surface area contributed by atoms with Crippen molar-refractivity contribution in [2.45, 2.75) is 58.1 Å². The molecule has 1 saturated heterocycles. The van der Waals surface area contributed by atoms with E-state index in [2.05, 4.69) is 11.7 Å². The summed E-state index contributed by atoms with van der Waals surface area (Å²) in [5, 5.41) is 1.27. The van der Waals surface area contributed by atoms with Crippen molar-refractivity contribution >= 4 is 10.8 Å². The molecule has 3 nitrogen and oxygen atoms in total. The van der Waals surface area contributed by atoms with Gasteiger partial charge in [-0.2, -0.15) is 0 Å². The van der Waals surface area contributed by atoms with Crippen LogP contribution in [0, 0.1) is 17.6 Å². The molecule has 1 aliphatic heterocycles. The second kappa shape index (κ2) is 11.6. The standard InChI is InChI=1S/C28H29F5O3/c1-2-3-20-16-34-26(35-17-20)13-7-18-5-11-23-22(14-18)10-9-21(27(23)30)8-4-19-6-12-25(24(29)15-19)36-28(31,32)33/h5-6,9-12,14-15,20,26H,2-4,7-8,13,16-17H2,1H3. The maximum absolute atomic E-state index is 15.1. The van der Waals surface area contributed by atoms with Gasteiger partial charge in [0.2, 0.25) is 0 Å². The molecule has 8 heteroatoms. The van der Waals surface area contributed by atoms with Crippen LogP contribution in [0.3, 0.4) is 0 Å². The normalized spacial score (nSPS) is 18.5. The monoisotopic (exact) mass is 508 g/mol. The third-order valence-electron chi connectivity index (χ3n) is 6.40.